The predicted molar refractivity (Wildman–Crippen MR) is 106 cm³/mol. The van der Waals surface area contributed by atoms with Crippen LogP contribution in [0.15, 0.2) is 36.4 Å². The van der Waals surface area contributed by atoms with E-state index >= 15 is 0 Å². The number of amides is 1. The lowest BCUT2D eigenvalue weighted by Crippen LogP contribution is -2.53. The van der Waals surface area contributed by atoms with Crippen molar-refractivity contribution >= 4 is 32.6 Å². The summed E-state index contributed by atoms with van der Waals surface area (Å²) in [6.07, 6.45) is 0. The molecule has 1 saturated heterocycles. The second-order valence-electron chi connectivity index (χ2n) is 6.84. The Labute approximate surface area is 165 Å². The fourth-order valence-corrected chi connectivity index (χ4v) is 4.31. The molecule has 0 unspecified atom stereocenters. The Morgan fingerprint density at radius 2 is 2.11 bits per heavy atom. The zero-order chi connectivity index (χ0) is 19.1. The van der Waals surface area contributed by atoms with Gasteiger partial charge >= 0.3 is 0 Å². The van der Waals surface area contributed by atoms with Crippen molar-refractivity contribution in [3.8, 4) is 17.2 Å². The molecule has 2 aromatic carbocycles. The third-order valence-electron chi connectivity index (χ3n) is 5.01. The number of anilines is 1. The maximum absolute atomic E-state index is 12.4. The quantitative estimate of drug-likeness (QED) is 0.714. The first kappa shape index (κ1) is 17.1. The van der Waals surface area contributed by atoms with E-state index in [1.54, 1.807) is 18.4 Å². The van der Waals surface area contributed by atoms with Crippen molar-refractivity contribution in [3.63, 3.8) is 0 Å². The minimum Gasteiger partial charge on any atom is -0.497 e. The Morgan fingerprint density at radius 1 is 1.25 bits per heavy atom. The molecule has 1 aromatic heterocycles. The number of carbonyl (C=O) groups excluding carboxylic acids is 1. The van der Waals surface area contributed by atoms with Crippen LogP contribution in [0, 0.1) is 5.92 Å². The molecule has 3 heterocycles. The molecule has 144 valence electrons. The van der Waals surface area contributed by atoms with Gasteiger partial charge in [0, 0.05) is 25.7 Å². The Bertz CT molecular complexity index is 1050. The molecule has 0 spiro atoms. The number of hydrogen-bond acceptors (Lipinski definition) is 7. The number of methoxy groups -OCH3 is 1. The Kier molecular flexibility index (Phi) is 4.20. The lowest BCUT2D eigenvalue weighted by molar-refractivity contribution is -0.125. The molecule has 5 rings (SSSR count). The van der Waals surface area contributed by atoms with Gasteiger partial charge in [0.05, 0.1) is 23.2 Å². The molecule has 0 radical (unpaired) electrons. The van der Waals surface area contributed by atoms with Crippen LogP contribution in [0.4, 0.5) is 5.13 Å². The Hall–Kier alpha value is -3.00. The summed E-state index contributed by atoms with van der Waals surface area (Å²) < 4.78 is 17.0. The van der Waals surface area contributed by atoms with Gasteiger partial charge in [-0.15, -0.1) is 0 Å². The number of benzene rings is 2. The summed E-state index contributed by atoms with van der Waals surface area (Å²) in [7, 11) is 1.65. The first-order chi connectivity index (χ1) is 13.7. The smallest absolute Gasteiger partial charge is 0.231 e. The minimum atomic E-state index is -0.0180. The maximum Gasteiger partial charge on any atom is 0.231 e. The predicted octanol–water partition coefficient (Wildman–Crippen LogP) is 2.79. The van der Waals surface area contributed by atoms with E-state index in [9.17, 15) is 4.79 Å². The lowest BCUT2D eigenvalue weighted by atomic mass is 10.00. The van der Waals surface area contributed by atoms with Crippen molar-refractivity contribution in [3.05, 3.63) is 42.0 Å². The van der Waals surface area contributed by atoms with E-state index in [0.717, 1.165) is 38.2 Å². The molecular formula is C20H19N3O4S. The normalized spacial score (nSPS) is 15.5. The van der Waals surface area contributed by atoms with E-state index < -0.39 is 0 Å². The van der Waals surface area contributed by atoms with Crippen LogP contribution in [0.2, 0.25) is 0 Å². The summed E-state index contributed by atoms with van der Waals surface area (Å²) in [5, 5.41) is 3.96. The summed E-state index contributed by atoms with van der Waals surface area (Å²) in [5.74, 6) is 2.33. The summed E-state index contributed by atoms with van der Waals surface area (Å²) in [4.78, 5) is 19.2. The van der Waals surface area contributed by atoms with Gasteiger partial charge in [-0.25, -0.2) is 4.98 Å². The van der Waals surface area contributed by atoms with Gasteiger partial charge in [0.2, 0.25) is 12.7 Å². The molecule has 0 bridgehead atoms. The molecule has 0 saturated carbocycles. The molecule has 28 heavy (non-hydrogen) atoms. The van der Waals surface area contributed by atoms with Crippen molar-refractivity contribution in [1.82, 2.24) is 10.3 Å². The summed E-state index contributed by atoms with van der Waals surface area (Å²) in [6, 6.07) is 11.6. The average Bonchev–Trinajstić information content (AvgIpc) is 3.30. The van der Waals surface area contributed by atoms with Crippen LogP contribution < -0.4 is 24.4 Å². The zero-order valence-electron chi connectivity index (χ0n) is 15.3. The zero-order valence-corrected chi connectivity index (χ0v) is 16.1. The number of rotatable bonds is 5. The number of nitrogens with one attached hydrogen (secondary N) is 1. The number of fused-ring (bicyclic) bond motifs is 2. The van der Waals surface area contributed by atoms with Gasteiger partial charge in [-0.1, -0.05) is 17.4 Å². The largest absolute Gasteiger partial charge is 0.497 e. The van der Waals surface area contributed by atoms with Crippen LogP contribution in [0.3, 0.4) is 0 Å². The topological polar surface area (TPSA) is 72.9 Å². The summed E-state index contributed by atoms with van der Waals surface area (Å²) in [5.41, 5.74) is 1.92. The molecular weight excluding hydrogens is 378 g/mol. The SMILES string of the molecule is COc1ccc2sc(N3CC(C(=O)NCc4ccc5c(c4)OCO5)C3)nc2c1. The number of ether oxygens (including phenoxy) is 3. The highest BCUT2D eigenvalue weighted by Gasteiger charge is 2.34. The molecule has 8 heteroatoms. The van der Waals surface area contributed by atoms with Gasteiger partial charge in [-0.2, -0.15) is 0 Å². The van der Waals surface area contributed by atoms with Crippen molar-refractivity contribution in [1.29, 1.82) is 0 Å². The van der Waals surface area contributed by atoms with Crippen LogP contribution in [-0.4, -0.2) is 37.9 Å². The molecule has 3 aromatic rings. The number of thiazole rings is 1. The van der Waals surface area contributed by atoms with Crippen molar-refractivity contribution in [2.45, 2.75) is 6.54 Å². The minimum absolute atomic E-state index is 0.0180. The molecule has 1 N–H and O–H groups in total. The maximum atomic E-state index is 12.4. The third kappa shape index (κ3) is 3.09. The van der Waals surface area contributed by atoms with Crippen molar-refractivity contribution < 1.29 is 19.0 Å². The number of nitrogens with zero attached hydrogens (tertiary/aromatic N) is 2. The van der Waals surface area contributed by atoms with E-state index in [0.29, 0.717) is 19.6 Å². The Balaban J connectivity index is 1.17. The molecule has 7 nitrogen and oxygen atoms in total. The molecule has 0 aliphatic carbocycles. The number of aromatic nitrogens is 1. The molecule has 1 amide bonds. The second kappa shape index (κ2) is 6.87. The van der Waals surface area contributed by atoms with Gasteiger partial charge in [-0.05, 0) is 29.8 Å². The average molecular weight is 397 g/mol. The fraction of sp³-hybridized carbons (Fsp3) is 0.300. The molecule has 0 atom stereocenters. The van der Waals surface area contributed by atoms with Crippen molar-refractivity contribution in [2.24, 2.45) is 5.92 Å². The highest BCUT2D eigenvalue weighted by molar-refractivity contribution is 7.22. The summed E-state index contributed by atoms with van der Waals surface area (Å²) >= 11 is 1.64. The molecule has 1 fully saturated rings. The second-order valence-corrected chi connectivity index (χ2v) is 7.85. The van der Waals surface area contributed by atoms with E-state index in [1.807, 2.05) is 36.4 Å². The van der Waals surface area contributed by atoms with Crippen molar-refractivity contribution in [2.75, 3.05) is 31.9 Å². The van der Waals surface area contributed by atoms with Gasteiger partial charge in [-0.3, -0.25) is 4.79 Å². The van der Waals surface area contributed by atoms with Crippen LogP contribution in [-0.2, 0) is 11.3 Å². The Morgan fingerprint density at radius 3 is 2.96 bits per heavy atom. The fourth-order valence-electron chi connectivity index (χ4n) is 3.34. The number of carbonyl (C=O) groups is 1. The van der Waals surface area contributed by atoms with Gasteiger partial charge in [0.15, 0.2) is 16.6 Å². The van der Waals surface area contributed by atoms with Gasteiger partial charge in [0.1, 0.15) is 5.75 Å². The van der Waals surface area contributed by atoms with Gasteiger partial charge < -0.3 is 24.4 Å². The number of hydrogen-bond donors (Lipinski definition) is 1. The van der Waals surface area contributed by atoms with E-state index in [4.69, 9.17) is 14.2 Å². The van der Waals surface area contributed by atoms with E-state index in [1.165, 1.54) is 0 Å². The summed E-state index contributed by atoms with van der Waals surface area (Å²) in [6.45, 7) is 2.10. The first-order valence-electron chi connectivity index (χ1n) is 9.05. The van der Waals surface area contributed by atoms with Crippen LogP contribution in [0.25, 0.3) is 10.2 Å². The highest BCUT2D eigenvalue weighted by Crippen LogP contribution is 2.35. The van der Waals surface area contributed by atoms with Crippen LogP contribution >= 0.6 is 11.3 Å². The van der Waals surface area contributed by atoms with Crippen LogP contribution in [0.1, 0.15) is 5.56 Å². The first-order valence-corrected chi connectivity index (χ1v) is 9.87. The van der Waals surface area contributed by atoms with Gasteiger partial charge in [0.25, 0.3) is 0 Å². The van der Waals surface area contributed by atoms with Crippen LogP contribution in [0.5, 0.6) is 17.2 Å². The highest BCUT2D eigenvalue weighted by atomic mass is 32.1. The monoisotopic (exact) mass is 397 g/mol. The molecule has 2 aliphatic heterocycles. The third-order valence-corrected chi connectivity index (χ3v) is 6.11. The lowest BCUT2D eigenvalue weighted by Gasteiger charge is -2.37. The molecule has 2 aliphatic rings. The van der Waals surface area contributed by atoms with E-state index in [2.05, 4.69) is 15.2 Å². The standard InChI is InChI=1S/C20H19N3O4S/c1-25-14-3-5-18-15(7-14)22-20(28-18)23-9-13(10-23)19(24)21-8-12-2-4-16-17(6-12)27-11-26-16/h2-7,13H,8-11H2,1H3,(H,21,24). The van der Waals surface area contributed by atoms with E-state index in [-0.39, 0.29) is 18.6 Å².